The van der Waals surface area contributed by atoms with Gasteiger partial charge in [-0.15, -0.1) is 0 Å². The molecule has 0 fully saturated rings. The zero-order valence-corrected chi connectivity index (χ0v) is 15.0. The Bertz CT molecular complexity index is 542. The number of nitrogens with zero attached hydrogens (tertiary/aromatic N) is 2. The van der Waals surface area contributed by atoms with E-state index in [0.29, 0.717) is 5.75 Å². The average molecular weight is 326 g/mol. The maximum Gasteiger partial charge on any atom is 0.281 e. The van der Waals surface area contributed by atoms with Crippen LogP contribution in [0.2, 0.25) is 0 Å². The van der Waals surface area contributed by atoms with E-state index in [9.17, 15) is 8.78 Å². The van der Waals surface area contributed by atoms with Crippen LogP contribution in [0.4, 0.5) is 14.5 Å². The third kappa shape index (κ3) is 6.55. The summed E-state index contributed by atoms with van der Waals surface area (Å²) in [5.74, 6) is -2.38. The van der Waals surface area contributed by atoms with Crippen LogP contribution in [-0.4, -0.2) is 37.4 Å². The van der Waals surface area contributed by atoms with Gasteiger partial charge in [0.25, 0.3) is 5.92 Å². The normalized spacial score (nSPS) is 12.2. The van der Waals surface area contributed by atoms with Gasteiger partial charge in [-0.05, 0) is 49.9 Å². The van der Waals surface area contributed by atoms with Gasteiger partial charge in [-0.2, -0.15) is 0 Å². The standard InChI is InChI=1S/C18H28F2N2O/c1-7-22(6)12-21-16-8-15(5)17(9-14(16)4)23-11-18(19,20)10-13(2)3/h8-9,12-13H,7,10-11H2,1-6H3. The lowest BCUT2D eigenvalue weighted by atomic mass is 10.1. The molecule has 0 aliphatic carbocycles. The summed E-state index contributed by atoms with van der Waals surface area (Å²) in [6, 6.07) is 3.64. The Labute approximate surface area is 138 Å². The predicted molar refractivity (Wildman–Crippen MR) is 92.3 cm³/mol. The van der Waals surface area contributed by atoms with Crippen molar-refractivity contribution in [2.75, 3.05) is 20.2 Å². The Balaban J connectivity index is 2.83. The second-order valence-corrected chi connectivity index (χ2v) is 6.46. The molecule has 0 atom stereocenters. The van der Waals surface area contributed by atoms with E-state index in [1.165, 1.54) is 0 Å². The summed E-state index contributed by atoms with van der Waals surface area (Å²) in [7, 11) is 1.94. The Morgan fingerprint density at radius 3 is 2.48 bits per heavy atom. The number of halogens is 2. The van der Waals surface area contributed by atoms with Crippen molar-refractivity contribution < 1.29 is 13.5 Å². The van der Waals surface area contributed by atoms with Gasteiger partial charge in [0, 0.05) is 20.0 Å². The molecular formula is C18H28F2N2O. The molecule has 0 saturated heterocycles. The molecule has 1 rings (SSSR count). The van der Waals surface area contributed by atoms with E-state index in [1.54, 1.807) is 26.3 Å². The van der Waals surface area contributed by atoms with Crippen molar-refractivity contribution in [1.29, 1.82) is 0 Å². The number of aryl methyl sites for hydroxylation is 2. The summed E-state index contributed by atoms with van der Waals surface area (Å²) < 4.78 is 32.9. The molecular weight excluding hydrogens is 298 g/mol. The Morgan fingerprint density at radius 1 is 1.26 bits per heavy atom. The van der Waals surface area contributed by atoms with Crippen molar-refractivity contribution in [3.63, 3.8) is 0 Å². The van der Waals surface area contributed by atoms with Gasteiger partial charge in [-0.3, -0.25) is 0 Å². The zero-order chi connectivity index (χ0) is 17.6. The summed E-state index contributed by atoms with van der Waals surface area (Å²) in [4.78, 5) is 6.39. The smallest absolute Gasteiger partial charge is 0.281 e. The van der Waals surface area contributed by atoms with E-state index >= 15 is 0 Å². The van der Waals surface area contributed by atoms with Gasteiger partial charge in [0.1, 0.15) is 5.75 Å². The van der Waals surface area contributed by atoms with Crippen LogP contribution in [0.15, 0.2) is 17.1 Å². The molecule has 3 nitrogen and oxygen atoms in total. The van der Waals surface area contributed by atoms with Gasteiger partial charge in [-0.1, -0.05) is 13.8 Å². The molecule has 0 spiro atoms. The zero-order valence-electron chi connectivity index (χ0n) is 15.0. The fourth-order valence-electron chi connectivity index (χ4n) is 2.15. The lowest BCUT2D eigenvalue weighted by molar-refractivity contribution is -0.0567. The first-order chi connectivity index (χ1) is 10.6. The first-order valence-corrected chi connectivity index (χ1v) is 8.01. The monoisotopic (exact) mass is 326 g/mol. The van der Waals surface area contributed by atoms with Crippen molar-refractivity contribution in [1.82, 2.24) is 4.90 Å². The molecule has 0 N–H and O–H groups in total. The van der Waals surface area contributed by atoms with Crippen molar-refractivity contribution >= 4 is 12.0 Å². The quantitative estimate of drug-likeness (QED) is 0.497. The molecule has 130 valence electrons. The van der Waals surface area contributed by atoms with Crippen LogP contribution in [0.3, 0.4) is 0 Å². The van der Waals surface area contributed by atoms with E-state index in [-0.39, 0.29) is 12.3 Å². The maximum absolute atomic E-state index is 13.8. The van der Waals surface area contributed by atoms with Crippen LogP contribution in [0.25, 0.3) is 0 Å². The largest absolute Gasteiger partial charge is 0.487 e. The summed E-state index contributed by atoms with van der Waals surface area (Å²) in [6.45, 7) is 9.63. The topological polar surface area (TPSA) is 24.8 Å². The molecule has 0 aliphatic rings. The number of alkyl halides is 2. The first kappa shape index (κ1) is 19.4. The molecule has 0 aromatic heterocycles. The minimum absolute atomic E-state index is 0.0660. The predicted octanol–water partition coefficient (Wildman–Crippen LogP) is 4.98. The number of hydrogen-bond donors (Lipinski definition) is 0. The molecule has 0 amide bonds. The molecule has 23 heavy (non-hydrogen) atoms. The van der Waals surface area contributed by atoms with Gasteiger partial charge in [-0.25, -0.2) is 13.8 Å². The highest BCUT2D eigenvalue weighted by Crippen LogP contribution is 2.30. The number of aliphatic imine (C=N–C) groups is 1. The van der Waals surface area contributed by atoms with E-state index in [2.05, 4.69) is 4.99 Å². The van der Waals surface area contributed by atoms with Crippen LogP contribution in [-0.2, 0) is 0 Å². The summed E-state index contributed by atoms with van der Waals surface area (Å²) >= 11 is 0. The van der Waals surface area contributed by atoms with Gasteiger partial charge in [0.15, 0.2) is 6.61 Å². The highest BCUT2D eigenvalue weighted by atomic mass is 19.3. The maximum atomic E-state index is 13.8. The fraction of sp³-hybridized carbons (Fsp3) is 0.611. The highest BCUT2D eigenvalue weighted by molar-refractivity contribution is 5.64. The summed E-state index contributed by atoms with van der Waals surface area (Å²) in [6.07, 6.45) is 1.59. The lowest BCUT2D eigenvalue weighted by Gasteiger charge is -2.20. The highest BCUT2D eigenvalue weighted by Gasteiger charge is 2.31. The van der Waals surface area contributed by atoms with Crippen molar-refractivity contribution in [2.24, 2.45) is 10.9 Å². The summed E-state index contributed by atoms with van der Waals surface area (Å²) in [5, 5.41) is 0. The van der Waals surface area contributed by atoms with Crippen molar-refractivity contribution in [2.45, 2.75) is 47.0 Å². The minimum atomic E-state index is -2.81. The number of hydrogen-bond acceptors (Lipinski definition) is 2. The van der Waals surface area contributed by atoms with Crippen LogP contribution in [0, 0.1) is 19.8 Å². The van der Waals surface area contributed by atoms with Crippen LogP contribution in [0.5, 0.6) is 5.75 Å². The van der Waals surface area contributed by atoms with Crippen molar-refractivity contribution in [3.8, 4) is 5.75 Å². The van der Waals surface area contributed by atoms with Gasteiger partial charge in [0.05, 0.1) is 12.0 Å². The SMILES string of the molecule is CCN(C)C=Nc1cc(C)c(OCC(F)(F)CC(C)C)cc1C. The third-order valence-corrected chi connectivity index (χ3v) is 3.53. The third-order valence-electron chi connectivity index (χ3n) is 3.53. The van der Waals surface area contributed by atoms with Gasteiger partial charge in [0.2, 0.25) is 0 Å². The Kier molecular flexibility index (Phi) is 6.98. The molecule has 0 saturated carbocycles. The molecule has 0 heterocycles. The molecule has 5 heteroatoms. The fourth-order valence-corrected chi connectivity index (χ4v) is 2.15. The average Bonchev–Trinajstić information content (AvgIpc) is 2.44. The van der Waals surface area contributed by atoms with Gasteiger partial charge >= 0.3 is 0 Å². The van der Waals surface area contributed by atoms with E-state index in [1.807, 2.05) is 38.8 Å². The van der Waals surface area contributed by atoms with E-state index < -0.39 is 12.5 Å². The second kappa shape index (κ2) is 8.27. The van der Waals surface area contributed by atoms with Gasteiger partial charge < -0.3 is 9.64 Å². The second-order valence-electron chi connectivity index (χ2n) is 6.46. The van der Waals surface area contributed by atoms with Crippen molar-refractivity contribution in [3.05, 3.63) is 23.3 Å². The molecule has 0 unspecified atom stereocenters. The molecule has 0 radical (unpaired) electrons. The lowest BCUT2D eigenvalue weighted by Crippen LogP contribution is -2.27. The molecule has 1 aromatic rings. The number of ether oxygens (including phenoxy) is 1. The van der Waals surface area contributed by atoms with Crippen LogP contribution >= 0.6 is 0 Å². The molecule has 0 bridgehead atoms. The van der Waals surface area contributed by atoms with Crippen LogP contribution in [0.1, 0.15) is 38.3 Å². The van der Waals surface area contributed by atoms with E-state index in [0.717, 1.165) is 23.4 Å². The molecule has 0 aliphatic heterocycles. The number of benzene rings is 1. The first-order valence-electron chi connectivity index (χ1n) is 8.01. The Morgan fingerprint density at radius 2 is 1.91 bits per heavy atom. The van der Waals surface area contributed by atoms with E-state index in [4.69, 9.17) is 4.74 Å². The van der Waals surface area contributed by atoms with Crippen LogP contribution < -0.4 is 4.74 Å². The summed E-state index contributed by atoms with van der Waals surface area (Å²) in [5.41, 5.74) is 2.53. The Hall–Kier alpha value is -1.65. The minimum Gasteiger partial charge on any atom is -0.487 e. The number of rotatable bonds is 8. The molecule has 1 aromatic carbocycles.